The Labute approximate surface area is 134 Å². The standard InChI is InChI=1S/C17H19NO5/c1-22-16(20)14(17(21)23-2)13-10-6-7-11-18(13)15(19)12-8-4-3-5-9-12/h3-6,8-10,13-14H,7,11H2,1-2H3/t13-/m1/s1. The Bertz CT molecular complexity index is 595. The number of hydrogen-bond acceptors (Lipinski definition) is 5. The zero-order valence-corrected chi connectivity index (χ0v) is 13.1. The minimum absolute atomic E-state index is 0.238. The summed E-state index contributed by atoms with van der Waals surface area (Å²) in [6.07, 6.45) is 4.19. The molecule has 0 aromatic heterocycles. The maximum absolute atomic E-state index is 12.7. The lowest BCUT2D eigenvalue weighted by Gasteiger charge is -2.35. The summed E-state index contributed by atoms with van der Waals surface area (Å²) in [6.45, 7) is 0.416. The minimum atomic E-state index is -1.20. The summed E-state index contributed by atoms with van der Waals surface area (Å²) in [4.78, 5) is 38.3. The molecule has 1 aliphatic heterocycles. The van der Waals surface area contributed by atoms with Crippen LogP contribution in [0.2, 0.25) is 0 Å². The largest absolute Gasteiger partial charge is 0.468 e. The quantitative estimate of drug-likeness (QED) is 0.477. The van der Waals surface area contributed by atoms with Crippen molar-refractivity contribution in [2.75, 3.05) is 20.8 Å². The van der Waals surface area contributed by atoms with Crippen LogP contribution in [0, 0.1) is 5.92 Å². The number of ether oxygens (including phenoxy) is 2. The average molecular weight is 317 g/mol. The summed E-state index contributed by atoms with van der Waals surface area (Å²) in [7, 11) is 2.41. The molecule has 0 radical (unpaired) electrons. The van der Waals surface area contributed by atoms with E-state index >= 15 is 0 Å². The number of benzene rings is 1. The molecule has 1 amide bonds. The van der Waals surface area contributed by atoms with Crippen molar-refractivity contribution in [1.29, 1.82) is 0 Å². The summed E-state index contributed by atoms with van der Waals surface area (Å²) in [6, 6.07) is 8.01. The van der Waals surface area contributed by atoms with Crippen LogP contribution < -0.4 is 0 Å². The van der Waals surface area contributed by atoms with Crippen LogP contribution in [0.1, 0.15) is 16.8 Å². The van der Waals surface area contributed by atoms with E-state index in [4.69, 9.17) is 9.47 Å². The SMILES string of the molecule is COC(=O)C(C(=O)OC)[C@H]1C=CCCN1C(=O)c1ccccc1. The van der Waals surface area contributed by atoms with Crippen LogP contribution in [-0.2, 0) is 19.1 Å². The van der Waals surface area contributed by atoms with Crippen LogP contribution in [0.5, 0.6) is 0 Å². The second-order valence-corrected chi connectivity index (χ2v) is 5.10. The molecule has 1 atom stereocenters. The van der Waals surface area contributed by atoms with E-state index < -0.39 is 23.9 Å². The van der Waals surface area contributed by atoms with Gasteiger partial charge in [0.2, 0.25) is 0 Å². The molecular weight excluding hydrogens is 298 g/mol. The second-order valence-electron chi connectivity index (χ2n) is 5.10. The van der Waals surface area contributed by atoms with Crippen molar-refractivity contribution < 1.29 is 23.9 Å². The van der Waals surface area contributed by atoms with Crippen molar-refractivity contribution in [3.8, 4) is 0 Å². The van der Waals surface area contributed by atoms with Gasteiger partial charge in [0.15, 0.2) is 5.92 Å². The van der Waals surface area contributed by atoms with Crippen molar-refractivity contribution in [2.24, 2.45) is 5.92 Å². The molecule has 1 aromatic rings. The molecule has 1 aromatic carbocycles. The summed E-state index contributed by atoms with van der Waals surface area (Å²) < 4.78 is 9.42. The Morgan fingerprint density at radius 2 is 1.70 bits per heavy atom. The van der Waals surface area contributed by atoms with Crippen LogP contribution in [0.15, 0.2) is 42.5 Å². The second kappa shape index (κ2) is 7.58. The summed E-state index contributed by atoms with van der Waals surface area (Å²) in [5, 5.41) is 0. The zero-order chi connectivity index (χ0) is 16.8. The third-order valence-corrected chi connectivity index (χ3v) is 3.76. The Balaban J connectivity index is 2.34. The highest BCUT2D eigenvalue weighted by Gasteiger charge is 2.41. The lowest BCUT2D eigenvalue weighted by atomic mass is 9.94. The number of esters is 2. The molecule has 0 fully saturated rings. The molecule has 0 unspecified atom stereocenters. The third kappa shape index (κ3) is 3.59. The molecular formula is C17H19NO5. The van der Waals surface area contributed by atoms with E-state index in [-0.39, 0.29) is 5.91 Å². The molecule has 1 heterocycles. The van der Waals surface area contributed by atoms with Gasteiger partial charge in [-0.25, -0.2) is 0 Å². The van der Waals surface area contributed by atoms with Crippen LogP contribution in [-0.4, -0.2) is 49.6 Å². The Kier molecular flexibility index (Phi) is 5.51. The molecule has 2 rings (SSSR count). The third-order valence-electron chi connectivity index (χ3n) is 3.76. The first kappa shape index (κ1) is 16.7. The number of carbonyl (C=O) groups is 3. The molecule has 0 aliphatic carbocycles. The van der Waals surface area contributed by atoms with E-state index in [9.17, 15) is 14.4 Å². The fourth-order valence-electron chi connectivity index (χ4n) is 2.61. The first-order valence-electron chi connectivity index (χ1n) is 7.28. The Morgan fingerprint density at radius 3 is 2.26 bits per heavy atom. The number of amides is 1. The molecule has 0 saturated heterocycles. The van der Waals surface area contributed by atoms with E-state index in [0.29, 0.717) is 18.5 Å². The van der Waals surface area contributed by atoms with Gasteiger partial charge < -0.3 is 14.4 Å². The summed E-state index contributed by atoms with van der Waals surface area (Å²) in [5.74, 6) is -2.88. The summed E-state index contributed by atoms with van der Waals surface area (Å²) >= 11 is 0. The number of nitrogens with zero attached hydrogens (tertiary/aromatic N) is 1. The maximum Gasteiger partial charge on any atom is 0.322 e. The molecule has 0 N–H and O–H groups in total. The fraction of sp³-hybridized carbons (Fsp3) is 0.353. The number of hydrogen-bond donors (Lipinski definition) is 0. The number of methoxy groups -OCH3 is 2. The van der Waals surface area contributed by atoms with Gasteiger partial charge in [-0.2, -0.15) is 0 Å². The lowest BCUT2D eigenvalue weighted by molar-refractivity contribution is -0.160. The zero-order valence-electron chi connectivity index (χ0n) is 13.1. The van der Waals surface area contributed by atoms with Crippen molar-refractivity contribution in [3.05, 3.63) is 48.0 Å². The van der Waals surface area contributed by atoms with Gasteiger partial charge in [-0.3, -0.25) is 14.4 Å². The van der Waals surface area contributed by atoms with Gasteiger partial charge >= 0.3 is 11.9 Å². The highest BCUT2D eigenvalue weighted by Crippen LogP contribution is 2.23. The molecule has 6 heteroatoms. The predicted molar refractivity (Wildman–Crippen MR) is 82.5 cm³/mol. The first-order valence-corrected chi connectivity index (χ1v) is 7.28. The minimum Gasteiger partial charge on any atom is -0.468 e. The molecule has 0 saturated carbocycles. The van der Waals surface area contributed by atoms with Crippen LogP contribution >= 0.6 is 0 Å². The molecule has 122 valence electrons. The van der Waals surface area contributed by atoms with Crippen LogP contribution in [0.25, 0.3) is 0 Å². The molecule has 6 nitrogen and oxygen atoms in total. The van der Waals surface area contributed by atoms with Gasteiger partial charge in [-0.05, 0) is 18.6 Å². The Hall–Kier alpha value is -2.63. The topological polar surface area (TPSA) is 72.9 Å². The maximum atomic E-state index is 12.7. The van der Waals surface area contributed by atoms with Gasteiger partial charge in [-0.1, -0.05) is 30.4 Å². The van der Waals surface area contributed by atoms with Gasteiger partial charge in [0, 0.05) is 12.1 Å². The molecule has 0 spiro atoms. The average Bonchev–Trinajstić information content (AvgIpc) is 2.62. The van der Waals surface area contributed by atoms with Gasteiger partial charge in [0.05, 0.1) is 20.3 Å². The number of rotatable bonds is 4. The first-order chi connectivity index (χ1) is 11.1. The lowest BCUT2D eigenvalue weighted by Crippen LogP contribution is -2.50. The van der Waals surface area contributed by atoms with Crippen LogP contribution in [0.3, 0.4) is 0 Å². The van der Waals surface area contributed by atoms with Crippen molar-refractivity contribution in [2.45, 2.75) is 12.5 Å². The summed E-state index contributed by atoms with van der Waals surface area (Å²) in [5.41, 5.74) is 0.501. The monoisotopic (exact) mass is 317 g/mol. The highest BCUT2D eigenvalue weighted by molar-refractivity contribution is 5.99. The van der Waals surface area contributed by atoms with Crippen LogP contribution in [0.4, 0.5) is 0 Å². The highest BCUT2D eigenvalue weighted by atomic mass is 16.5. The Morgan fingerprint density at radius 1 is 1.09 bits per heavy atom. The van der Waals surface area contributed by atoms with E-state index in [2.05, 4.69) is 0 Å². The fourth-order valence-corrected chi connectivity index (χ4v) is 2.61. The van der Waals surface area contributed by atoms with Gasteiger partial charge in [-0.15, -0.1) is 0 Å². The van der Waals surface area contributed by atoms with E-state index in [1.165, 1.54) is 19.1 Å². The van der Waals surface area contributed by atoms with E-state index in [0.717, 1.165) is 0 Å². The predicted octanol–water partition coefficient (Wildman–Crippen LogP) is 1.42. The smallest absolute Gasteiger partial charge is 0.322 e. The van der Waals surface area contributed by atoms with Crippen molar-refractivity contribution in [1.82, 2.24) is 4.90 Å². The van der Waals surface area contributed by atoms with Gasteiger partial charge in [0.25, 0.3) is 5.91 Å². The van der Waals surface area contributed by atoms with E-state index in [1.807, 2.05) is 12.1 Å². The van der Waals surface area contributed by atoms with Gasteiger partial charge in [0.1, 0.15) is 0 Å². The molecule has 1 aliphatic rings. The number of carbonyl (C=O) groups excluding carboxylic acids is 3. The normalized spacial score (nSPS) is 17.0. The van der Waals surface area contributed by atoms with Crippen molar-refractivity contribution >= 4 is 17.8 Å². The van der Waals surface area contributed by atoms with E-state index in [1.54, 1.807) is 30.3 Å². The molecule has 0 bridgehead atoms. The molecule has 23 heavy (non-hydrogen) atoms. The van der Waals surface area contributed by atoms with Crippen molar-refractivity contribution in [3.63, 3.8) is 0 Å².